The summed E-state index contributed by atoms with van der Waals surface area (Å²) in [6, 6.07) is 17.8. The van der Waals surface area contributed by atoms with Crippen LogP contribution in [0.1, 0.15) is 56.8 Å². The van der Waals surface area contributed by atoms with Gasteiger partial charge >= 0.3 is 0 Å². The Balaban J connectivity index is 1.08. The molecule has 6 rings (SSSR count). The van der Waals surface area contributed by atoms with E-state index >= 15 is 0 Å². The van der Waals surface area contributed by atoms with Crippen LogP contribution in [0.4, 0.5) is 11.4 Å². The van der Waals surface area contributed by atoms with E-state index in [2.05, 4.69) is 5.32 Å². The van der Waals surface area contributed by atoms with Gasteiger partial charge in [0.25, 0.3) is 17.7 Å². The lowest BCUT2D eigenvalue weighted by molar-refractivity contribution is -0.121. The number of nitrogens with one attached hydrogen (secondary N) is 1. The van der Waals surface area contributed by atoms with Crippen molar-refractivity contribution < 1.29 is 33.4 Å². The second-order valence-corrected chi connectivity index (χ2v) is 9.81. The monoisotopic (exact) mass is 539 g/mol. The first-order valence-electron chi connectivity index (χ1n) is 13.0. The van der Waals surface area contributed by atoms with Gasteiger partial charge in [0.2, 0.25) is 11.8 Å². The standard InChI is InChI=1S/C30H25N3O7/c34-26-13-14-27(35)33(26)20-7-3-18(4-8-20)28(36)31-19-5-9-21(10-6-19)40-22-11-12-24-25(16-22)30(38)32(29(24)37)17-23-2-1-15-39-23/h3-12,16,23H,1-2,13-15,17H2,(H,31,36). The van der Waals surface area contributed by atoms with Gasteiger partial charge in [0.15, 0.2) is 0 Å². The van der Waals surface area contributed by atoms with Crippen LogP contribution in [0, 0.1) is 0 Å². The smallest absolute Gasteiger partial charge is 0.261 e. The summed E-state index contributed by atoms with van der Waals surface area (Å²) in [6.07, 6.45) is 2.02. The molecule has 0 radical (unpaired) electrons. The fourth-order valence-electron chi connectivity index (χ4n) is 5.06. The first-order valence-corrected chi connectivity index (χ1v) is 13.0. The number of carbonyl (C=O) groups is 5. The number of amides is 5. The molecular formula is C30H25N3O7. The van der Waals surface area contributed by atoms with E-state index in [-0.39, 0.29) is 55.0 Å². The molecule has 3 aliphatic rings. The topological polar surface area (TPSA) is 122 Å². The van der Waals surface area contributed by atoms with Crippen molar-refractivity contribution in [2.75, 3.05) is 23.4 Å². The van der Waals surface area contributed by atoms with E-state index in [0.29, 0.717) is 46.2 Å². The highest BCUT2D eigenvalue weighted by atomic mass is 16.5. The summed E-state index contributed by atoms with van der Waals surface area (Å²) >= 11 is 0. The fourth-order valence-corrected chi connectivity index (χ4v) is 5.06. The van der Waals surface area contributed by atoms with E-state index in [1.807, 2.05) is 0 Å². The zero-order chi connectivity index (χ0) is 27.8. The molecule has 0 aromatic heterocycles. The summed E-state index contributed by atoms with van der Waals surface area (Å²) in [4.78, 5) is 64.5. The molecule has 0 bridgehead atoms. The van der Waals surface area contributed by atoms with E-state index in [4.69, 9.17) is 9.47 Å². The maximum absolute atomic E-state index is 12.9. The Hall–Kier alpha value is -4.83. The number of rotatable bonds is 7. The molecule has 3 aliphatic heterocycles. The van der Waals surface area contributed by atoms with Gasteiger partial charge in [-0.2, -0.15) is 0 Å². The number of benzene rings is 3. The number of hydrogen-bond acceptors (Lipinski definition) is 7. The van der Waals surface area contributed by atoms with E-state index in [9.17, 15) is 24.0 Å². The van der Waals surface area contributed by atoms with Crippen LogP contribution < -0.4 is 15.0 Å². The molecular weight excluding hydrogens is 514 g/mol. The molecule has 1 atom stereocenters. The normalized spacial score (nSPS) is 18.4. The minimum atomic E-state index is -0.356. The fraction of sp³-hybridized carbons (Fsp3) is 0.233. The molecule has 40 heavy (non-hydrogen) atoms. The second kappa shape index (κ2) is 10.4. The third-order valence-electron chi connectivity index (χ3n) is 7.14. The van der Waals surface area contributed by atoms with Gasteiger partial charge in [0, 0.05) is 30.7 Å². The van der Waals surface area contributed by atoms with Crippen molar-refractivity contribution in [3.8, 4) is 11.5 Å². The Morgan fingerprint density at radius 3 is 2.20 bits per heavy atom. The van der Waals surface area contributed by atoms with E-state index < -0.39 is 0 Å². The van der Waals surface area contributed by atoms with Crippen LogP contribution in [-0.2, 0) is 14.3 Å². The lowest BCUT2D eigenvalue weighted by Gasteiger charge is -2.17. The van der Waals surface area contributed by atoms with E-state index in [0.717, 1.165) is 17.7 Å². The molecule has 5 amide bonds. The molecule has 10 heteroatoms. The predicted octanol–water partition coefficient (Wildman–Crippen LogP) is 4.16. The summed E-state index contributed by atoms with van der Waals surface area (Å²) < 4.78 is 11.5. The van der Waals surface area contributed by atoms with Gasteiger partial charge < -0.3 is 14.8 Å². The maximum Gasteiger partial charge on any atom is 0.261 e. The summed E-state index contributed by atoms with van der Waals surface area (Å²) in [5, 5.41) is 2.79. The summed E-state index contributed by atoms with van der Waals surface area (Å²) in [5.41, 5.74) is 1.99. The van der Waals surface area contributed by atoms with Gasteiger partial charge in [-0.15, -0.1) is 0 Å². The SMILES string of the molecule is O=C(Nc1ccc(Oc2ccc3c(c2)C(=O)N(CC2CCCO2)C3=O)cc1)c1ccc(N2C(=O)CCC2=O)cc1. The largest absolute Gasteiger partial charge is 0.457 e. The van der Waals surface area contributed by atoms with Crippen LogP contribution in [0.15, 0.2) is 66.7 Å². The lowest BCUT2D eigenvalue weighted by atomic mass is 10.1. The van der Waals surface area contributed by atoms with Crippen molar-refractivity contribution in [2.24, 2.45) is 0 Å². The molecule has 0 aliphatic carbocycles. The van der Waals surface area contributed by atoms with Crippen molar-refractivity contribution in [1.29, 1.82) is 0 Å². The summed E-state index contributed by atoms with van der Waals surface area (Å²) in [5.74, 6) is -0.642. The average Bonchev–Trinajstić information content (AvgIpc) is 3.66. The van der Waals surface area contributed by atoms with Gasteiger partial charge in [0.1, 0.15) is 11.5 Å². The van der Waals surface area contributed by atoms with Crippen LogP contribution >= 0.6 is 0 Å². The molecule has 1 unspecified atom stereocenters. The molecule has 2 saturated heterocycles. The molecule has 1 N–H and O–H groups in total. The highest BCUT2D eigenvalue weighted by Crippen LogP contribution is 2.31. The van der Waals surface area contributed by atoms with Crippen molar-refractivity contribution >= 4 is 40.9 Å². The molecule has 10 nitrogen and oxygen atoms in total. The van der Waals surface area contributed by atoms with Crippen LogP contribution in [0.5, 0.6) is 11.5 Å². The average molecular weight is 540 g/mol. The Morgan fingerprint density at radius 2 is 1.52 bits per heavy atom. The summed E-state index contributed by atoms with van der Waals surface area (Å²) in [7, 11) is 0. The van der Waals surface area contributed by atoms with Crippen LogP contribution in [0.3, 0.4) is 0 Å². The Bertz CT molecular complexity index is 1510. The molecule has 0 spiro atoms. The predicted molar refractivity (Wildman–Crippen MR) is 143 cm³/mol. The number of hydrogen-bond donors (Lipinski definition) is 1. The van der Waals surface area contributed by atoms with Crippen LogP contribution in [0.2, 0.25) is 0 Å². The zero-order valence-corrected chi connectivity index (χ0v) is 21.4. The van der Waals surface area contributed by atoms with Crippen molar-refractivity contribution in [3.05, 3.63) is 83.4 Å². The number of nitrogens with zero attached hydrogens (tertiary/aromatic N) is 2. The van der Waals surface area contributed by atoms with Gasteiger partial charge in [-0.1, -0.05) is 0 Å². The van der Waals surface area contributed by atoms with Gasteiger partial charge in [0.05, 0.1) is 29.5 Å². The highest BCUT2D eigenvalue weighted by Gasteiger charge is 2.38. The Morgan fingerprint density at radius 1 is 0.850 bits per heavy atom. The van der Waals surface area contributed by atoms with Crippen LogP contribution in [0.25, 0.3) is 0 Å². The Kier molecular flexibility index (Phi) is 6.61. The van der Waals surface area contributed by atoms with Crippen LogP contribution in [-0.4, -0.2) is 53.7 Å². The van der Waals surface area contributed by atoms with Gasteiger partial charge in [-0.05, 0) is 79.6 Å². The van der Waals surface area contributed by atoms with E-state index in [1.165, 1.54) is 4.90 Å². The first-order chi connectivity index (χ1) is 19.4. The van der Waals surface area contributed by atoms with Gasteiger partial charge in [-0.25, -0.2) is 0 Å². The minimum absolute atomic E-state index is 0.123. The lowest BCUT2D eigenvalue weighted by Crippen LogP contribution is -2.36. The first kappa shape index (κ1) is 25.4. The van der Waals surface area contributed by atoms with E-state index in [1.54, 1.807) is 66.7 Å². The van der Waals surface area contributed by atoms with Gasteiger partial charge in [-0.3, -0.25) is 33.8 Å². The third-order valence-corrected chi connectivity index (χ3v) is 7.14. The maximum atomic E-state index is 12.9. The molecule has 0 saturated carbocycles. The third kappa shape index (κ3) is 4.85. The molecule has 3 aromatic rings. The second-order valence-electron chi connectivity index (χ2n) is 9.81. The molecule has 3 heterocycles. The minimum Gasteiger partial charge on any atom is -0.457 e. The Labute approximate surface area is 229 Å². The quantitative estimate of drug-likeness (QED) is 0.448. The molecule has 202 valence electrons. The zero-order valence-electron chi connectivity index (χ0n) is 21.4. The molecule has 2 fully saturated rings. The number of imide groups is 2. The number of fused-ring (bicyclic) bond motifs is 1. The number of carbonyl (C=O) groups excluding carboxylic acids is 5. The number of anilines is 2. The summed E-state index contributed by atoms with van der Waals surface area (Å²) in [6.45, 7) is 0.893. The molecule has 3 aromatic carbocycles. The highest BCUT2D eigenvalue weighted by molar-refractivity contribution is 6.21. The van der Waals surface area contributed by atoms with Crippen molar-refractivity contribution in [2.45, 2.75) is 31.8 Å². The van der Waals surface area contributed by atoms with Crippen molar-refractivity contribution in [1.82, 2.24) is 4.90 Å². The number of ether oxygens (including phenoxy) is 2. The van der Waals surface area contributed by atoms with Crippen molar-refractivity contribution in [3.63, 3.8) is 0 Å².